The molecule has 1 saturated heterocycles. The molecule has 1 amide bonds. The van der Waals surface area contributed by atoms with Crippen LogP contribution in [0.5, 0.6) is 0 Å². The van der Waals surface area contributed by atoms with Gasteiger partial charge >= 0.3 is 0 Å². The molecule has 3 N–H and O–H groups in total. The number of anilines is 1. The lowest BCUT2D eigenvalue weighted by Crippen LogP contribution is -2.67. The van der Waals surface area contributed by atoms with E-state index in [0.29, 0.717) is 40.3 Å². The maximum atomic E-state index is 12.3. The van der Waals surface area contributed by atoms with Crippen LogP contribution >= 0.6 is 23.2 Å². The van der Waals surface area contributed by atoms with Gasteiger partial charge in [-0.2, -0.15) is 0 Å². The van der Waals surface area contributed by atoms with Crippen molar-refractivity contribution in [1.29, 1.82) is 0 Å². The van der Waals surface area contributed by atoms with Crippen LogP contribution in [-0.2, 0) is 0 Å². The molecule has 0 spiro atoms. The Morgan fingerprint density at radius 1 is 1.20 bits per heavy atom. The molecule has 0 radical (unpaired) electrons. The van der Waals surface area contributed by atoms with Crippen molar-refractivity contribution < 1.29 is 4.79 Å². The predicted molar refractivity (Wildman–Crippen MR) is 104 cm³/mol. The number of nitrogens with two attached hydrogens (primary N) is 1. The number of nitrogens with zero attached hydrogens (tertiary/aromatic N) is 2. The van der Waals surface area contributed by atoms with Gasteiger partial charge in [-0.3, -0.25) is 4.79 Å². The van der Waals surface area contributed by atoms with Crippen LogP contribution in [0.4, 0.5) is 5.69 Å². The van der Waals surface area contributed by atoms with Crippen LogP contribution in [0.15, 0.2) is 18.2 Å². The van der Waals surface area contributed by atoms with Gasteiger partial charge in [-0.25, -0.2) is 4.98 Å². The summed E-state index contributed by atoms with van der Waals surface area (Å²) >= 11 is 12.6. The van der Waals surface area contributed by atoms with E-state index >= 15 is 0 Å². The summed E-state index contributed by atoms with van der Waals surface area (Å²) in [5.41, 5.74) is 6.94. The van der Waals surface area contributed by atoms with Crippen molar-refractivity contribution in [2.45, 2.75) is 38.8 Å². The lowest BCUT2D eigenvalue weighted by atomic mass is 9.90. The van der Waals surface area contributed by atoms with Crippen LogP contribution in [0.2, 0.25) is 10.2 Å². The Kier molecular flexibility index (Phi) is 4.38. The Balaban J connectivity index is 2.26. The van der Waals surface area contributed by atoms with Crippen molar-refractivity contribution in [3.05, 3.63) is 33.9 Å². The third kappa shape index (κ3) is 3.54. The fourth-order valence-corrected chi connectivity index (χ4v) is 4.37. The number of fused-ring (bicyclic) bond motifs is 1. The average molecular weight is 381 g/mol. The number of benzene rings is 1. The summed E-state index contributed by atoms with van der Waals surface area (Å²) in [7, 11) is 0. The summed E-state index contributed by atoms with van der Waals surface area (Å²) in [5.74, 6) is -0.541. The van der Waals surface area contributed by atoms with Crippen molar-refractivity contribution >= 4 is 45.7 Å². The van der Waals surface area contributed by atoms with Gasteiger partial charge in [0.15, 0.2) is 5.15 Å². The summed E-state index contributed by atoms with van der Waals surface area (Å²) in [6.45, 7) is 9.80. The number of carbonyl (C=O) groups is 1. The smallest absolute Gasteiger partial charge is 0.251 e. The molecule has 1 fully saturated rings. The third-order valence-electron chi connectivity index (χ3n) is 4.29. The minimum atomic E-state index is -0.541. The molecule has 2 aromatic rings. The first-order valence-corrected chi connectivity index (χ1v) is 8.88. The van der Waals surface area contributed by atoms with E-state index in [9.17, 15) is 4.79 Å². The summed E-state index contributed by atoms with van der Waals surface area (Å²) in [4.78, 5) is 18.9. The minimum absolute atomic E-state index is 0.163. The van der Waals surface area contributed by atoms with Crippen molar-refractivity contribution in [3.63, 3.8) is 0 Å². The highest BCUT2D eigenvalue weighted by molar-refractivity contribution is 6.35. The Hall–Kier alpha value is -1.56. The summed E-state index contributed by atoms with van der Waals surface area (Å²) in [6.07, 6.45) is 0. The first kappa shape index (κ1) is 18.2. The highest BCUT2D eigenvalue weighted by Crippen LogP contribution is 2.37. The van der Waals surface area contributed by atoms with Crippen LogP contribution in [0.3, 0.4) is 0 Å². The standard InChI is InChI=1S/C18H22Cl2N4O/c1-17(2)8-24(9-18(3,4)23-17)14-13(16(21)25)11-7-10(19)5-6-12(11)22-15(14)20/h5-7,23H,8-9H2,1-4H3,(H2,21,25). The molecule has 25 heavy (non-hydrogen) atoms. The summed E-state index contributed by atoms with van der Waals surface area (Å²) < 4.78 is 0. The van der Waals surface area contributed by atoms with Gasteiger partial charge in [0.2, 0.25) is 0 Å². The number of pyridine rings is 1. The zero-order valence-corrected chi connectivity index (χ0v) is 16.3. The topological polar surface area (TPSA) is 71.2 Å². The second-order valence-corrected chi connectivity index (χ2v) is 8.70. The number of hydrogen-bond donors (Lipinski definition) is 2. The highest BCUT2D eigenvalue weighted by atomic mass is 35.5. The lowest BCUT2D eigenvalue weighted by Gasteiger charge is -2.49. The molecule has 0 atom stereocenters. The Morgan fingerprint density at radius 3 is 2.36 bits per heavy atom. The highest BCUT2D eigenvalue weighted by Gasteiger charge is 2.38. The van der Waals surface area contributed by atoms with E-state index < -0.39 is 5.91 Å². The average Bonchev–Trinajstić information content (AvgIpc) is 2.42. The predicted octanol–water partition coefficient (Wildman–Crippen LogP) is 3.61. The molecule has 1 aromatic heterocycles. The van der Waals surface area contributed by atoms with Crippen LogP contribution in [0.25, 0.3) is 10.9 Å². The van der Waals surface area contributed by atoms with Gasteiger partial charge < -0.3 is 16.0 Å². The number of aromatic nitrogens is 1. The molecule has 0 unspecified atom stereocenters. The monoisotopic (exact) mass is 380 g/mol. The zero-order valence-electron chi connectivity index (χ0n) is 14.8. The molecule has 0 bridgehead atoms. The number of primary amides is 1. The van der Waals surface area contributed by atoms with Gasteiger partial charge in [-0.1, -0.05) is 23.2 Å². The van der Waals surface area contributed by atoms with Crippen molar-refractivity contribution in [2.75, 3.05) is 18.0 Å². The fraction of sp³-hybridized carbons (Fsp3) is 0.444. The first-order valence-electron chi connectivity index (χ1n) is 8.12. The lowest BCUT2D eigenvalue weighted by molar-refractivity contribution is 0.100. The molecule has 1 aliphatic heterocycles. The van der Waals surface area contributed by atoms with Gasteiger partial charge in [-0.05, 0) is 45.9 Å². The maximum Gasteiger partial charge on any atom is 0.251 e. The molecule has 0 aliphatic carbocycles. The van der Waals surface area contributed by atoms with Crippen LogP contribution in [0, 0.1) is 0 Å². The maximum absolute atomic E-state index is 12.3. The van der Waals surface area contributed by atoms with E-state index in [0.717, 1.165) is 0 Å². The summed E-state index contributed by atoms with van der Waals surface area (Å²) in [6, 6.07) is 5.17. The van der Waals surface area contributed by atoms with Gasteiger partial charge in [0.25, 0.3) is 5.91 Å². The molecule has 3 rings (SSSR count). The molecule has 134 valence electrons. The number of nitrogens with one attached hydrogen (secondary N) is 1. The van der Waals surface area contributed by atoms with Crippen molar-refractivity contribution in [3.8, 4) is 0 Å². The van der Waals surface area contributed by atoms with Gasteiger partial charge in [-0.15, -0.1) is 0 Å². The molecule has 7 heteroatoms. The van der Waals surface area contributed by atoms with E-state index in [1.54, 1.807) is 18.2 Å². The number of piperazine rings is 1. The molecule has 1 aliphatic rings. The number of hydrogen-bond acceptors (Lipinski definition) is 4. The largest absolute Gasteiger partial charge is 0.366 e. The molecule has 1 aromatic carbocycles. The number of rotatable bonds is 2. The molecule has 2 heterocycles. The molecule has 0 saturated carbocycles. The third-order valence-corrected chi connectivity index (χ3v) is 4.79. The SMILES string of the molecule is CC1(C)CN(c2c(Cl)nc3ccc(Cl)cc3c2C(N)=O)CC(C)(C)N1. The Bertz CT molecular complexity index is 848. The molecule has 5 nitrogen and oxygen atoms in total. The van der Waals surface area contributed by atoms with Crippen LogP contribution in [0.1, 0.15) is 38.1 Å². The second-order valence-electron chi connectivity index (χ2n) is 7.90. The zero-order chi connectivity index (χ0) is 18.6. The van der Waals surface area contributed by atoms with Crippen LogP contribution < -0.4 is 16.0 Å². The van der Waals surface area contributed by atoms with Crippen molar-refractivity contribution in [2.24, 2.45) is 5.73 Å². The van der Waals surface area contributed by atoms with Crippen LogP contribution in [-0.4, -0.2) is 35.1 Å². The number of carbonyl (C=O) groups excluding carboxylic acids is 1. The van der Waals surface area contributed by atoms with E-state index in [1.807, 2.05) is 0 Å². The van der Waals surface area contributed by atoms with E-state index in [-0.39, 0.29) is 16.2 Å². The quantitative estimate of drug-likeness (QED) is 0.780. The van der Waals surface area contributed by atoms with E-state index in [1.165, 1.54) is 0 Å². The van der Waals surface area contributed by atoms with Gasteiger partial charge in [0.05, 0.1) is 16.8 Å². The minimum Gasteiger partial charge on any atom is -0.366 e. The Morgan fingerprint density at radius 2 is 1.80 bits per heavy atom. The van der Waals surface area contributed by atoms with E-state index in [4.69, 9.17) is 28.9 Å². The van der Waals surface area contributed by atoms with E-state index in [2.05, 4.69) is 42.9 Å². The summed E-state index contributed by atoms with van der Waals surface area (Å²) in [5, 5.41) is 5.02. The number of halogens is 2. The van der Waals surface area contributed by atoms with Gasteiger partial charge in [0.1, 0.15) is 0 Å². The fourth-order valence-electron chi connectivity index (χ4n) is 3.90. The second kappa shape index (κ2) is 6.01. The van der Waals surface area contributed by atoms with Crippen molar-refractivity contribution in [1.82, 2.24) is 10.3 Å². The first-order chi connectivity index (χ1) is 11.5. The normalized spacial score (nSPS) is 19.2. The number of amides is 1. The molecular weight excluding hydrogens is 359 g/mol. The van der Waals surface area contributed by atoms with Gasteiger partial charge in [0, 0.05) is 34.6 Å². The molecular formula is C18H22Cl2N4O. The Labute approximate surface area is 157 Å².